The number of nitrogens with one attached hydrogen (secondary N) is 1. The fourth-order valence-corrected chi connectivity index (χ4v) is 2.17. The van der Waals surface area contributed by atoms with Crippen molar-refractivity contribution in [2.75, 3.05) is 6.54 Å². The topological polar surface area (TPSA) is 49.4 Å². The Morgan fingerprint density at radius 3 is 2.38 bits per heavy atom. The lowest BCUT2D eigenvalue weighted by atomic mass is 10.0. The van der Waals surface area contributed by atoms with Gasteiger partial charge in [0, 0.05) is 6.54 Å². The lowest BCUT2D eigenvalue weighted by molar-refractivity contribution is -0.149. The van der Waals surface area contributed by atoms with E-state index in [2.05, 4.69) is 5.32 Å². The van der Waals surface area contributed by atoms with Crippen molar-refractivity contribution in [3.05, 3.63) is 0 Å². The Morgan fingerprint density at radius 2 is 1.88 bits per heavy atom. The minimum Gasteiger partial charge on any atom is -0.343 e. The number of rotatable bonds is 5. The van der Waals surface area contributed by atoms with Gasteiger partial charge in [-0.3, -0.25) is 9.59 Å². The van der Waals surface area contributed by atoms with Crippen molar-refractivity contribution in [1.29, 1.82) is 0 Å². The first kappa shape index (κ1) is 13.0. The van der Waals surface area contributed by atoms with E-state index in [1.54, 1.807) is 4.90 Å². The highest BCUT2D eigenvalue weighted by molar-refractivity contribution is 5.96. The van der Waals surface area contributed by atoms with E-state index in [9.17, 15) is 9.59 Å². The SMILES string of the molecule is CCCC1C(=O)NC(CC)C(=O)N1CCC. The van der Waals surface area contributed by atoms with Crippen molar-refractivity contribution in [1.82, 2.24) is 10.2 Å². The van der Waals surface area contributed by atoms with E-state index in [1.165, 1.54) is 0 Å². The number of hydrogen-bond donors (Lipinski definition) is 1. The molecule has 1 N–H and O–H groups in total. The van der Waals surface area contributed by atoms with Gasteiger partial charge in [0.2, 0.25) is 11.8 Å². The van der Waals surface area contributed by atoms with Crippen molar-refractivity contribution in [3.8, 4) is 0 Å². The highest BCUT2D eigenvalue weighted by Gasteiger charge is 2.38. The molecule has 4 nitrogen and oxygen atoms in total. The third kappa shape index (κ3) is 2.54. The van der Waals surface area contributed by atoms with Crippen molar-refractivity contribution < 1.29 is 9.59 Å². The van der Waals surface area contributed by atoms with Crippen LogP contribution in [0.5, 0.6) is 0 Å². The summed E-state index contributed by atoms with van der Waals surface area (Å²) in [5, 5.41) is 2.81. The molecule has 0 aliphatic carbocycles. The van der Waals surface area contributed by atoms with Crippen LogP contribution in [0.2, 0.25) is 0 Å². The molecule has 1 fully saturated rings. The summed E-state index contributed by atoms with van der Waals surface area (Å²) in [4.78, 5) is 25.7. The molecule has 1 aliphatic heterocycles. The predicted molar refractivity (Wildman–Crippen MR) is 62.9 cm³/mol. The average Bonchev–Trinajstić information content (AvgIpc) is 2.28. The number of amides is 2. The van der Waals surface area contributed by atoms with E-state index in [0.717, 1.165) is 19.3 Å². The first-order valence-electron chi connectivity index (χ1n) is 6.26. The van der Waals surface area contributed by atoms with Crippen LogP contribution in [0.25, 0.3) is 0 Å². The Balaban J connectivity index is 2.82. The highest BCUT2D eigenvalue weighted by Crippen LogP contribution is 2.16. The minimum atomic E-state index is -0.313. The fraction of sp³-hybridized carbons (Fsp3) is 0.833. The Morgan fingerprint density at radius 1 is 1.19 bits per heavy atom. The number of carbonyl (C=O) groups excluding carboxylic acids is 2. The van der Waals surface area contributed by atoms with Crippen LogP contribution in [0.3, 0.4) is 0 Å². The van der Waals surface area contributed by atoms with E-state index in [1.807, 2.05) is 20.8 Å². The molecule has 16 heavy (non-hydrogen) atoms. The molecule has 0 aromatic carbocycles. The molecular formula is C12H22N2O2. The molecule has 1 rings (SSSR count). The van der Waals surface area contributed by atoms with E-state index in [4.69, 9.17) is 0 Å². The van der Waals surface area contributed by atoms with E-state index in [0.29, 0.717) is 13.0 Å². The van der Waals surface area contributed by atoms with E-state index >= 15 is 0 Å². The highest BCUT2D eigenvalue weighted by atomic mass is 16.2. The zero-order valence-electron chi connectivity index (χ0n) is 10.5. The second-order valence-electron chi connectivity index (χ2n) is 4.31. The zero-order chi connectivity index (χ0) is 12.1. The van der Waals surface area contributed by atoms with Gasteiger partial charge in [-0.25, -0.2) is 0 Å². The molecule has 0 aromatic rings. The first-order valence-corrected chi connectivity index (χ1v) is 6.26. The summed E-state index contributed by atoms with van der Waals surface area (Å²) >= 11 is 0. The van der Waals surface area contributed by atoms with Gasteiger partial charge in [0.25, 0.3) is 0 Å². The normalized spacial score (nSPS) is 25.8. The van der Waals surface area contributed by atoms with Gasteiger partial charge in [0.15, 0.2) is 0 Å². The van der Waals surface area contributed by atoms with Crippen LogP contribution < -0.4 is 5.32 Å². The largest absolute Gasteiger partial charge is 0.343 e. The number of carbonyl (C=O) groups is 2. The van der Waals surface area contributed by atoms with Crippen LogP contribution in [0.15, 0.2) is 0 Å². The predicted octanol–water partition coefficient (Wildman–Crippen LogP) is 1.30. The van der Waals surface area contributed by atoms with Crippen LogP contribution in [-0.2, 0) is 9.59 Å². The fourth-order valence-electron chi connectivity index (χ4n) is 2.17. The van der Waals surface area contributed by atoms with Gasteiger partial charge in [-0.2, -0.15) is 0 Å². The summed E-state index contributed by atoms with van der Waals surface area (Å²) in [6.07, 6.45) is 3.25. The molecule has 4 heteroatoms. The van der Waals surface area contributed by atoms with Gasteiger partial charge in [0.05, 0.1) is 0 Å². The molecule has 0 radical (unpaired) electrons. The van der Waals surface area contributed by atoms with Gasteiger partial charge < -0.3 is 10.2 Å². The van der Waals surface area contributed by atoms with E-state index < -0.39 is 0 Å². The van der Waals surface area contributed by atoms with Gasteiger partial charge in [-0.05, 0) is 19.3 Å². The van der Waals surface area contributed by atoms with Gasteiger partial charge in [-0.15, -0.1) is 0 Å². The Bertz CT molecular complexity index is 266. The number of hydrogen-bond acceptors (Lipinski definition) is 2. The maximum absolute atomic E-state index is 12.1. The molecule has 0 spiro atoms. The molecule has 1 aliphatic rings. The molecule has 92 valence electrons. The molecule has 1 saturated heterocycles. The average molecular weight is 226 g/mol. The smallest absolute Gasteiger partial charge is 0.245 e. The van der Waals surface area contributed by atoms with Crippen molar-refractivity contribution in [3.63, 3.8) is 0 Å². The van der Waals surface area contributed by atoms with Crippen LogP contribution in [-0.4, -0.2) is 35.3 Å². The second kappa shape index (κ2) is 5.87. The van der Waals surface area contributed by atoms with Crippen molar-refractivity contribution in [2.24, 2.45) is 0 Å². The summed E-state index contributed by atoms with van der Waals surface area (Å²) in [5.41, 5.74) is 0. The molecule has 0 bridgehead atoms. The first-order chi connectivity index (χ1) is 7.65. The summed E-state index contributed by atoms with van der Waals surface area (Å²) in [7, 11) is 0. The van der Waals surface area contributed by atoms with Crippen LogP contribution in [0.4, 0.5) is 0 Å². The van der Waals surface area contributed by atoms with Gasteiger partial charge in [-0.1, -0.05) is 27.2 Å². The molecule has 2 unspecified atom stereocenters. The number of nitrogens with zero attached hydrogens (tertiary/aromatic N) is 1. The lowest BCUT2D eigenvalue weighted by Crippen LogP contribution is -2.63. The maximum atomic E-state index is 12.1. The second-order valence-corrected chi connectivity index (χ2v) is 4.31. The zero-order valence-corrected chi connectivity index (χ0v) is 10.5. The molecular weight excluding hydrogens is 204 g/mol. The summed E-state index contributed by atoms with van der Waals surface area (Å²) in [6.45, 7) is 6.68. The third-order valence-electron chi connectivity index (χ3n) is 3.01. The summed E-state index contributed by atoms with van der Waals surface area (Å²) in [6, 6.07) is -0.563. The quantitative estimate of drug-likeness (QED) is 0.768. The van der Waals surface area contributed by atoms with E-state index in [-0.39, 0.29) is 23.9 Å². The van der Waals surface area contributed by atoms with Crippen molar-refractivity contribution in [2.45, 2.75) is 58.5 Å². The van der Waals surface area contributed by atoms with Gasteiger partial charge in [0.1, 0.15) is 12.1 Å². The molecule has 0 aromatic heterocycles. The molecule has 2 atom stereocenters. The molecule has 2 amide bonds. The van der Waals surface area contributed by atoms with Crippen LogP contribution >= 0.6 is 0 Å². The maximum Gasteiger partial charge on any atom is 0.245 e. The lowest BCUT2D eigenvalue weighted by Gasteiger charge is -2.38. The molecule has 0 saturated carbocycles. The van der Waals surface area contributed by atoms with Crippen LogP contribution in [0, 0.1) is 0 Å². The van der Waals surface area contributed by atoms with Crippen molar-refractivity contribution >= 4 is 11.8 Å². The number of piperazine rings is 1. The summed E-state index contributed by atoms with van der Waals surface area (Å²) in [5.74, 6) is 0.101. The van der Waals surface area contributed by atoms with Crippen LogP contribution in [0.1, 0.15) is 46.5 Å². The monoisotopic (exact) mass is 226 g/mol. The Hall–Kier alpha value is -1.06. The summed E-state index contributed by atoms with van der Waals surface area (Å²) < 4.78 is 0. The van der Waals surface area contributed by atoms with Gasteiger partial charge >= 0.3 is 0 Å². The Kier molecular flexibility index (Phi) is 4.77. The minimum absolute atomic E-state index is 0.0155. The third-order valence-corrected chi connectivity index (χ3v) is 3.01. The Labute approximate surface area is 97.4 Å². The standard InChI is InChI=1S/C12H22N2O2/c1-4-7-10-11(15)13-9(6-3)12(16)14(10)8-5-2/h9-10H,4-8H2,1-3H3,(H,13,15). The molecule has 1 heterocycles.